The summed E-state index contributed by atoms with van der Waals surface area (Å²) >= 11 is 0. The lowest BCUT2D eigenvalue weighted by atomic mass is 9.94. The predicted molar refractivity (Wildman–Crippen MR) is 86.4 cm³/mol. The Labute approximate surface area is 127 Å². The van der Waals surface area contributed by atoms with Crippen LogP contribution >= 0.6 is 0 Å². The number of hydrogen-bond acceptors (Lipinski definition) is 2. The maximum Gasteiger partial charge on any atom is 0.249 e. The highest BCUT2D eigenvalue weighted by atomic mass is 16.2. The van der Waals surface area contributed by atoms with Gasteiger partial charge in [-0.25, -0.2) is 0 Å². The fourth-order valence-corrected chi connectivity index (χ4v) is 2.61. The summed E-state index contributed by atoms with van der Waals surface area (Å²) in [6.07, 6.45) is 0. The van der Waals surface area contributed by atoms with E-state index in [-0.39, 0.29) is 11.1 Å². The number of carbonyl (C=O) groups excluding carboxylic acids is 2. The smallest absolute Gasteiger partial charge is 0.249 e. The van der Waals surface area contributed by atoms with Gasteiger partial charge in [0.1, 0.15) is 0 Å². The second-order valence-corrected chi connectivity index (χ2v) is 5.02. The Balaban J connectivity index is 2.26. The first kappa shape index (κ1) is 13.8. The van der Waals surface area contributed by atoms with E-state index in [1.807, 2.05) is 42.5 Å². The monoisotopic (exact) mass is 290 g/mol. The zero-order valence-corrected chi connectivity index (χ0v) is 11.7. The lowest BCUT2D eigenvalue weighted by Gasteiger charge is -2.10. The second-order valence-electron chi connectivity index (χ2n) is 5.02. The van der Waals surface area contributed by atoms with E-state index in [9.17, 15) is 9.59 Å². The largest absolute Gasteiger partial charge is 0.366 e. The van der Waals surface area contributed by atoms with E-state index in [0.29, 0.717) is 0 Å². The molecule has 2 amide bonds. The highest BCUT2D eigenvalue weighted by Crippen LogP contribution is 2.29. The number of carbonyl (C=O) groups is 2. The third-order valence-corrected chi connectivity index (χ3v) is 3.65. The highest BCUT2D eigenvalue weighted by molar-refractivity contribution is 6.07. The molecule has 0 saturated heterocycles. The summed E-state index contributed by atoms with van der Waals surface area (Å²) < 4.78 is 0. The number of benzene rings is 3. The van der Waals surface area contributed by atoms with Crippen molar-refractivity contribution in [3.05, 3.63) is 71.8 Å². The van der Waals surface area contributed by atoms with Crippen molar-refractivity contribution in [3.8, 4) is 11.1 Å². The Kier molecular flexibility index (Phi) is 3.35. The number of amides is 2. The number of fused-ring (bicyclic) bond motifs is 1. The van der Waals surface area contributed by atoms with Crippen LogP contribution in [0.15, 0.2) is 60.7 Å². The second kappa shape index (κ2) is 5.33. The van der Waals surface area contributed by atoms with E-state index in [2.05, 4.69) is 0 Å². The van der Waals surface area contributed by atoms with Crippen LogP contribution in [0.1, 0.15) is 20.7 Å². The van der Waals surface area contributed by atoms with Gasteiger partial charge in [-0.15, -0.1) is 0 Å². The molecular formula is C18H14N2O2. The van der Waals surface area contributed by atoms with Gasteiger partial charge in [-0.2, -0.15) is 0 Å². The summed E-state index contributed by atoms with van der Waals surface area (Å²) in [5.41, 5.74) is 12.7. The molecule has 0 atom stereocenters. The molecule has 4 nitrogen and oxygen atoms in total. The van der Waals surface area contributed by atoms with Crippen LogP contribution in [0.5, 0.6) is 0 Å². The fourth-order valence-electron chi connectivity index (χ4n) is 2.61. The normalized spacial score (nSPS) is 10.5. The first-order valence-electron chi connectivity index (χ1n) is 6.79. The van der Waals surface area contributed by atoms with Crippen molar-refractivity contribution in [2.45, 2.75) is 0 Å². The van der Waals surface area contributed by atoms with Crippen LogP contribution in [0.2, 0.25) is 0 Å². The lowest BCUT2D eigenvalue weighted by molar-refractivity contribution is 0.0967. The average Bonchev–Trinajstić information content (AvgIpc) is 2.53. The number of primary amides is 2. The van der Waals surface area contributed by atoms with Gasteiger partial charge in [-0.3, -0.25) is 9.59 Å². The summed E-state index contributed by atoms with van der Waals surface area (Å²) in [6.45, 7) is 0. The third-order valence-electron chi connectivity index (χ3n) is 3.65. The zero-order valence-electron chi connectivity index (χ0n) is 11.7. The summed E-state index contributed by atoms with van der Waals surface area (Å²) in [4.78, 5) is 23.0. The quantitative estimate of drug-likeness (QED) is 0.777. The van der Waals surface area contributed by atoms with Crippen LogP contribution in [-0.2, 0) is 0 Å². The molecule has 108 valence electrons. The number of rotatable bonds is 3. The molecule has 0 aromatic heterocycles. The van der Waals surface area contributed by atoms with Gasteiger partial charge in [-0.05, 0) is 34.0 Å². The standard InChI is InChI=1S/C18H14N2O2/c19-17(21)15-9-8-12(10-16(15)18(20)22)14-7-3-5-11-4-1-2-6-13(11)14/h1-10H,(H2,19,21)(H2,20,22). The van der Waals surface area contributed by atoms with E-state index in [1.54, 1.807) is 18.2 Å². The summed E-state index contributed by atoms with van der Waals surface area (Å²) in [6, 6.07) is 18.8. The van der Waals surface area contributed by atoms with E-state index < -0.39 is 11.8 Å². The minimum absolute atomic E-state index is 0.136. The van der Waals surface area contributed by atoms with Crippen LogP contribution in [0.3, 0.4) is 0 Å². The molecule has 0 bridgehead atoms. The molecule has 0 fully saturated rings. The van der Waals surface area contributed by atoms with Gasteiger partial charge >= 0.3 is 0 Å². The Morgan fingerprint density at radius 1 is 0.727 bits per heavy atom. The molecule has 0 aliphatic heterocycles. The van der Waals surface area contributed by atoms with Crippen molar-refractivity contribution in [3.63, 3.8) is 0 Å². The van der Waals surface area contributed by atoms with Gasteiger partial charge < -0.3 is 11.5 Å². The minimum atomic E-state index is -0.670. The first-order chi connectivity index (χ1) is 10.6. The van der Waals surface area contributed by atoms with Gasteiger partial charge in [0.05, 0.1) is 11.1 Å². The molecule has 0 radical (unpaired) electrons. The van der Waals surface area contributed by atoms with Crippen LogP contribution in [0, 0.1) is 0 Å². The van der Waals surface area contributed by atoms with E-state index in [4.69, 9.17) is 11.5 Å². The van der Waals surface area contributed by atoms with E-state index in [0.717, 1.165) is 21.9 Å². The maximum atomic E-state index is 11.6. The van der Waals surface area contributed by atoms with Crippen molar-refractivity contribution in [2.75, 3.05) is 0 Å². The summed E-state index contributed by atoms with van der Waals surface area (Å²) in [5, 5.41) is 2.16. The minimum Gasteiger partial charge on any atom is -0.366 e. The Morgan fingerprint density at radius 2 is 1.41 bits per heavy atom. The first-order valence-corrected chi connectivity index (χ1v) is 6.79. The molecule has 0 unspecified atom stereocenters. The highest BCUT2D eigenvalue weighted by Gasteiger charge is 2.14. The molecule has 22 heavy (non-hydrogen) atoms. The topological polar surface area (TPSA) is 86.2 Å². The van der Waals surface area contributed by atoms with Crippen LogP contribution < -0.4 is 11.5 Å². The molecule has 4 heteroatoms. The van der Waals surface area contributed by atoms with Crippen molar-refractivity contribution in [2.24, 2.45) is 11.5 Å². The van der Waals surface area contributed by atoms with Gasteiger partial charge in [0.15, 0.2) is 0 Å². The van der Waals surface area contributed by atoms with Gasteiger partial charge in [0, 0.05) is 0 Å². The fraction of sp³-hybridized carbons (Fsp3) is 0. The SMILES string of the molecule is NC(=O)c1ccc(-c2cccc3ccccc23)cc1C(N)=O. The van der Waals surface area contributed by atoms with Crippen LogP contribution in [-0.4, -0.2) is 11.8 Å². The van der Waals surface area contributed by atoms with Crippen molar-refractivity contribution >= 4 is 22.6 Å². The Hall–Kier alpha value is -3.14. The third kappa shape index (κ3) is 2.31. The van der Waals surface area contributed by atoms with Gasteiger partial charge in [0.25, 0.3) is 0 Å². The van der Waals surface area contributed by atoms with Crippen LogP contribution in [0.25, 0.3) is 21.9 Å². The number of hydrogen-bond donors (Lipinski definition) is 2. The molecule has 3 aromatic carbocycles. The molecule has 0 aliphatic carbocycles. The zero-order chi connectivity index (χ0) is 15.7. The molecular weight excluding hydrogens is 276 g/mol. The van der Waals surface area contributed by atoms with Crippen molar-refractivity contribution < 1.29 is 9.59 Å². The Bertz CT molecular complexity index is 895. The Morgan fingerprint density at radius 3 is 2.14 bits per heavy atom. The molecule has 4 N–H and O–H groups in total. The average molecular weight is 290 g/mol. The van der Waals surface area contributed by atoms with Crippen molar-refractivity contribution in [1.82, 2.24) is 0 Å². The van der Waals surface area contributed by atoms with Crippen LogP contribution in [0.4, 0.5) is 0 Å². The van der Waals surface area contributed by atoms with E-state index in [1.165, 1.54) is 0 Å². The molecule has 3 rings (SSSR count). The van der Waals surface area contributed by atoms with Crippen molar-refractivity contribution in [1.29, 1.82) is 0 Å². The predicted octanol–water partition coefficient (Wildman–Crippen LogP) is 2.70. The van der Waals surface area contributed by atoms with Gasteiger partial charge in [-0.1, -0.05) is 48.5 Å². The van der Waals surface area contributed by atoms with Gasteiger partial charge in [0.2, 0.25) is 11.8 Å². The molecule has 0 saturated carbocycles. The molecule has 3 aromatic rings. The molecule has 0 spiro atoms. The molecule has 0 heterocycles. The van der Waals surface area contributed by atoms with E-state index >= 15 is 0 Å². The summed E-state index contributed by atoms with van der Waals surface area (Å²) in [5.74, 6) is -1.34. The maximum absolute atomic E-state index is 11.6. The number of nitrogens with two attached hydrogens (primary N) is 2. The molecule has 0 aliphatic rings. The lowest BCUT2D eigenvalue weighted by Crippen LogP contribution is -2.20. The summed E-state index contributed by atoms with van der Waals surface area (Å²) in [7, 11) is 0.